The number of hydrogen-bond donors (Lipinski definition) is 1. The Morgan fingerprint density at radius 2 is 2.04 bits per heavy atom. The first-order chi connectivity index (χ1) is 11.3. The Hall–Kier alpha value is -1.87. The van der Waals surface area contributed by atoms with Crippen LogP contribution in [0.25, 0.3) is 10.8 Å². The quantitative estimate of drug-likeness (QED) is 0.941. The maximum absolute atomic E-state index is 12.7. The molecule has 0 radical (unpaired) electrons. The maximum atomic E-state index is 12.7. The molecule has 3 nitrogen and oxygen atoms in total. The molecule has 1 amide bonds. The molecule has 1 aliphatic heterocycles. The fraction of sp³-hybridized carbons (Fsp3) is 0.450. The highest BCUT2D eigenvalue weighted by molar-refractivity contribution is 5.86. The minimum Gasteiger partial charge on any atom is -0.342 e. The van der Waals surface area contributed by atoms with E-state index in [-0.39, 0.29) is 5.92 Å². The molecule has 1 aliphatic carbocycles. The molecular formula is C20H24N2O. The molecule has 2 aliphatic rings. The highest BCUT2D eigenvalue weighted by Crippen LogP contribution is 2.49. The van der Waals surface area contributed by atoms with Crippen molar-refractivity contribution >= 4 is 16.7 Å². The third-order valence-electron chi connectivity index (χ3n) is 5.40. The Morgan fingerprint density at radius 3 is 2.87 bits per heavy atom. The van der Waals surface area contributed by atoms with Crippen LogP contribution in [0.3, 0.4) is 0 Å². The van der Waals surface area contributed by atoms with Crippen LogP contribution >= 0.6 is 0 Å². The lowest BCUT2D eigenvalue weighted by Crippen LogP contribution is -2.31. The first-order valence-electron chi connectivity index (χ1n) is 8.68. The highest BCUT2D eigenvalue weighted by atomic mass is 16.2. The van der Waals surface area contributed by atoms with Gasteiger partial charge in [-0.3, -0.25) is 4.79 Å². The molecule has 0 spiro atoms. The van der Waals surface area contributed by atoms with Gasteiger partial charge in [0, 0.05) is 19.0 Å². The van der Waals surface area contributed by atoms with Gasteiger partial charge < -0.3 is 10.2 Å². The Morgan fingerprint density at radius 1 is 1.22 bits per heavy atom. The summed E-state index contributed by atoms with van der Waals surface area (Å²) in [5, 5.41) is 5.78. The zero-order valence-corrected chi connectivity index (χ0v) is 13.7. The Labute approximate surface area is 137 Å². The average molecular weight is 308 g/mol. The molecule has 4 rings (SSSR count). The summed E-state index contributed by atoms with van der Waals surface area (Å²) in [6.07, 6.45) is 2.16. The van der Waals surface area contributed by atoms with Gasteiger partial charge in [-0.1, -0.05) is 42.5 Å². The Balaban J connectivity index is 1.43. The van der Waals surface area contributed by atoms with E-state index in [1.165, 1.54) is 16.3 Å². The first kappa shape index (κ1) is 14.7. The molecule has 1 heterocycles. The van der Waals surface area contributed by atoms with Gasteiger partial charge >= 0.3 is 0 Å². The van der Waals surface area contributed by atoms with Gasteiger partial charge in [-0.2, -0.15) is 0 Å². The zero-order chi connectivity index (χ0) is 15.8. The molecule has 2 aromatic carbocycles. The first-order valence-corrected chi connectivity index (χ1v) is 8.68. The second-order valence-electron chi connectivity index (χ2n) is 7.05. The predicted octanol–water partition coefficient (Wildman–Crippen LogP) is 3.01. The lowest BCUT2D eigenvalue weighted by atomic mass is 10.0. The average Bonchev–Trinajstić information content (AvgIpc) is 3.25. The van der Waals surface area contributed by atoms with Crippen LogP contribution in [-0.2, 0) is 4.79 Å². The number of hydrogen-bond acceptors (Lipinski definition) is 2. The molecule has 1 N–H and O–H groups in total. The molecular weight excluding hydrogens is 284 g/mol. The fourth-order valence-corrected chi connectivity index (χ4v) is 4.00. The second kappa shape index (κ2) is 5.97. The largest absolute Gasteiger partial charge is 0.342 e. The summed E-state index contributed by atoms with van der Waals surface area (Å²) in [6.45, 7) is 2.88. The van der Waals surface area contributed by atoms with Crippen molar-refractivity contribution in [2.24, 2.45) is 11.8 Å². The molecule has 3 heteroatoms. The van der Waals surface area contributed by atoms with Crippen LogP contribution in [0.2, 0.25) is 0 Å². The van der Waals surface area contributed by atoms with Crippen molar-refractivity contribution in [2.75, 3.05) is 26.7 Å². The van der Waals surface area contributed by atoms with Crippen LogP contribution in [-0.4, -0.2) is 37.5 Å². The molecule has 1 saturated heterocycles. The van der Waals surface area contributed by atoms with Crippen LogP contribution in [0.15, 0.2) is 42.5 Å². The lowest BCUT2D eigenvalue weighted by molar-refractivity contribution is -0.131. The van der Waals surface area contributed by atoms with Gasteiger partial charge in [0.05, 0.1) is 0 Å². The van der Waals surface area contributed by atoms with Gasteiger partial charge in [0.1, 0.15) is 0 Å². The van der Waals surface area contributed by atoms with Crippen molar-refractivity contribution in [3.05, 3.63) is 48.0 Å². The lowest BCUT2D eigenvalue weighted by Gasteiger charge is -2.16. The van der Waals surface area contributed by atoms with Crippen LogP contribution < -0.4 is 5.32 Å². The van der Waals surface area contributed by atoms with Gasteiger partial charge in [-0.15, -0.1) is 0 Å². The summed E-state index contributed by atoms with van der Waals surface area (Å²) in [6, 6.07) is 15.1. The standard InChI is InChI=1S/C20H24N2O/c1-21-12-14-8-9-22(13-14)20(23)19-11-18(19)17-7-6-15-4-2-3-5-16(15)10-17/h2-7,10,14,18-19,21H,8-9,11-13H2,1H3. The molecule has 0 bridgehead atoms. The molecule has 3 atom stereocenters. The third-order valence-corrected chi connectivity index (χ3v) is 5.40. The SMILES string of the molecule is CNCC1CCN(C(=O)C2CC2c2ccc3ccccc3c2)C1. The van der Waals surface area contributed by atoms with E-state index in [1.54, 1.807) is 0 Å². The van der Waals surface area contributed by atoms with Crippen molar-refractivity contribution in [1.29, 1.82) is 0 Å². The molecule has 120 valence electrons. The van der Waals surface area contributed by atoms with E-state index >= 15 is 0 Å². The van der Waals surface area contributed by atoms with Crippen LogP contribution in [0.1, 0.15) is 24.3 Å². The molecule has 23 heavy (non-hydrogen) atoms. The fourth-order valence-electron chi connectivity index (χ4n) is 4.00. The van der Waals surface area contributed by atoms with Crippen molar-refractivity contribution in [2.45, 2.75) is 18.8 Å². The van der Waals surface area contributed by atoms with Crippen molar-refractivity contribution < 1.29 is 4.79 Å². The third kappa shape index (κ3) is 2.86. The number of amides is 1. The van der Waals surface area contributed by atoms with Crippen LogP contribution in [0.5, 0.6) is 0 Å². The van der Waals surface area contributed by atoms with Gasteiger partial charge in [0.2, 0.25) is 5.91 Å². The number of nitrogens with one attached hydrogen (secondary N) is 1. The number of nitrogens with zero attached hydrogens (tertiary/aromatic N) is 1. The van der Waals surface area contributed by atoms with Crippen molar-refractivity contribution in [1.82, 2.24) is 10.2 Å². The highest BCUT2D eigenvalue weighted by Gasteiger charge is 2.46. The van der Waals surface area contributed by atoms with Crippen molar-refractivity contribution in [3.8, 4) is 0 Å². The molecule has 1 saturated carbocycles. The van der Waals surface area contributed by atoms with E-state index in [0.717, 1.165) is 32.5 Å². The summed E-state index contributed by atoms with van der Waals surface area (Å²) >= 11 is 0. The van der Waals surface area contributed by atoms with E-state index in [4.69, 9.17) is 0 Å². The number of likely N-dealkylation sites (tertiary alicyclic amines) is 1. The Bertz CT molecular complexity index is 726. The summed E-state index contributed by atoms with van der Waals surface area (Å²) < 4.78 is 0. The zero-order valence-electron chi connectivity index (χ0n) is 13.7. The normalized spacial score (nSPS) is 26.7. The van der Waals surface area contributed by atoms with E-state index in [0.29, 0.717) is 17.7 Å². The van der Waals surface area contributed by atoms with Crippen molar-refractivity contribution in [3.63, 3.8) is 0 Å². The number of carbonyl (C=O) groups is 1. The Kier molecular flexibility index (Phi) is 3.82. The minimum absolute atomic E-state index is 0.212. The van der Waals surface area contributed by atoms with Crippen LogP contribution in [0, 0.1) is 11.8 Å². The van der Waals surface area contributed by atoms with Gasteiger partial charge in [-0.25, -0.2) is 0 Å². The van der Waals surface area contributed by atoms with E-state index in [1.807, 2.05) is 7.05 Å². The number of carbonyl (C=O) groups excluding carboxylic acids is 1. The summed E-state index contributed by atoms with van der Waals surface area (Å²) in [5.41, 5.74) is 1.33. The molecule has 2 aromatic rings. The van der Waals surface area contributed by atoms with Crippen LogP contribution in [0.4, 0.5) is 0 Å². The predicted molar refractivity (Wildman–Crippen MR) is 93.4 cm³/mol. The summed E-state index contributed by atoms with van der Waals surface area (Å²) in [7, 11) is 1.99. The number of rotatable bonds is 4. The van der Waals surface area contributed by atoms with Gasteiger partial charge in [0.15, 0.2) is 0 Å². The minimum atomic E-state index is 0.212. The number of fused-ring (bicyclic) bond motifs is 1. The monoisotopic (exact) mass is 308 g/mol. The van der Waals surface area contributed by atoms with Gasteiger partial charge in [-0.05, 0) is 54.6 Å². The second-order valence-corrected chi connectivity index (χ2v) is 7.05. The molecule has 2 fully saturated rings. The summed E-state index contributed by atoms with van der Waals surface area (Å²) in [4.78, 5) is 14.8. The summed E-state index contributed by atoms with van der Waals surface area (Å²) in [5.74, 6) is 1.64. The molecule has 3 unspecified atom stereocenters. The molecule has 0 aromatic heterocycles. The number of benzene rings is 2. The van der Waals surface area contributed by atoms with E-state index < -0.39 is 0 Å². The van der Waals surface area contributed by atoms with E-state index in [9.17, 15) is 4.79 Å². The van der Waals surface area contributed by atoms with Gasteiger partial charge in [0.25, 0.3) is 0 Å². The maximum Gasteiger partial charge on any atom is 0.226 e. The van der Waals surface area contributed by atoms with E-state index in [2.05, 4.69) is 52.7 Å². The topological polar surface area (TPSA) is 32.3 Å². The smallest absolute Gasteiger partial charge is 0.226 e.